The second-order valence-electron chi connectivity index (χ2n) is 5.04. The van der Waals surface area contributed by atoms with Crippen LogP contribution in [0.3, 0.4) is 0 Å². The molecular weight excluding hydrogens is 144 g/mol. The van der Waals surface area contributed by atoms with Crippen molar-refractivity contribution < 1.29 is 0 Å². The van der Waals surface area contributed by atoms with Crippen LogP contribution < -0.4 is 0 Å². The predicted molar refractivity (Wildman–Crippen MR) is 53.1 cm³/mol. The standard InChI is InChI=1S/C12H22/c1-10(12-8-9-12)4-2-3-5-11-6-7-11/h10-12H,2-9H2,1H3. The van der Waals surface area contributed by atoms with Gasteiger partial charge in [0.05, 0.1) is 0 Å². The molecule has 0 saturated heterocycles. The molecule has 0 radical (unpaired) electrons. The van der Waals surface area contributed by atoms with E-state index in [0.717, 1.165) is 17.8 Å². The third kappa shape index (κ3) is 2.80. The summed E-state index contributed by atoms with van der Waals surface area (Å²) in [5.41, 5.74) is 0. The van der Waals surface area contributed by atoms with Gasteiger partial charge >= 0.3 is 0 Å². The lowest BCUT2D eigenvalue weighted by atomic mass is 9.98. The Kier molecular flexibility index (Phi) is 2.73. The van der Waals surface area contributed by atoms with Gasteiger partial charge in [0.15, 0.2) is 0 Å². The van der Waals surface area contributed by atoms with Gasteiger partial charge in [0.1, 0.15) is 0 Å². The third-order valence-corrected chi connectivity index (χ3v) is 3.65. The maximum atomic E-state index is 2.45. The van der Waals surface area contributed by atoms with Crippen molar-refractivity contribution >= 4 is 0 Å². The van der Waals surface area contributed by atoms with Crippen LogP contribution in [0.5, 0.6) is 0 Å². The normalized spacial score (nSPS) is 25.8. The van der Waals surface area contributed by atoms with Gasteiger partial charge in [-0.15, -0.1) is 0 Å². The molecule has 12 heavy (non-hydrogen) atoms. The topological polar surface area (TPSA) is 0 Å². The van der Waals surface area contributed by atoms with Crippen molar-refractivity contribution in [3.8, 4) is 0 Å². The van der Waals surface area contributed by atoms with Crippen LogP contribution in [0, 0.1) is 17.8 Å². The number of hydrogen-bond donors (Lipinski definition) is 0. The maximum absolute atomic E-state index is 2.45. The van der Waals surface area contributed by atoms with Gasteiger partial charge < -0.3 is 0 Å². The molecule has 2 saturated carbocycles. The summed E-state index contributed by atoms with van der Waals surface area (Å²) in [6.45, 7) is 2.45. The smallest absolute Gasteiger partial charge is 0.0388 e. The summed E-state index contributed by atoms with van der Waals surface area (Å²) in [6, 6.07) is 0. The average molecular weight is 166 g/mol. The lowest BCUT2D eigenvalue weighted by Gasteiger charge is -2.08. The van der Waals surface area contributed by atoms with Crippen LogP contribution in [0.4, 0.5) is 0 Å². The highest BCUT2D eigenvalue weighted by atomic mass is 14.3. The first-order chi connectivity index (χ1) is 5.86. The van der Waals surface area contributed by atoms with E-state index in [2.05, 4.69) is 6.92 Å². The van der Waals surface area contributed by atoms with Crippen molar-refractivity contribution in [2.45, 2.75) is 58.3 Å². The summed E-state index contributed by atoms with van der Waals surface area (Å²) in [6.07, 6.45) is 12.2. The molecule has 2 aliphatic rings. The van der Waals surface area contributed by atoms with Crippen LogP contribution in [0.25, 0.3) is 0 Å². The minimum Gasteiger partial charge on any atom is -0.0622 e. The zero-order chi connectivity index (χ0) is 8.39. The third-order valence-electron chi connectivity index (χ3n) is 3.65. The van der Waals surface area contributed by atoms with Crippen LogP contribution >= 0.6 is 0 Å². The van der Waals surface area contributed by atoms with E-state index in [4.69, 9.17) is 0 Å². The molecule has 1 unspecified atom stereocenters. The van der Waals surface area contributed by atoms with Crippen molar-refractivity contribution in [2.24, 2.45) is 17.8 Å². The molecule has 2 fully saturated rings. The number of rotatable bonds is 6. The molecule has 0 nitrogen and oxygen atoms in total. The average Bonchev–Trinajstić information content (AvgIpc) is 2.85. The van der Waals surface area contributed by atoms with Crippen LogP contribution in [0.1, 0.15) is 58.3 Å². The highest BCUT2D eigenvalue weighted by Gasteiger charge is 2.27. The van der Waals surface area contributed by atoms with E-state index >= 15 is 0 Å². The molecule has 0 heteroatoms. The van der Waals surface area contributed by atoms with Gasteiger partial charge in [0, 0.05) is 0 Å². The molecule has 0 N–H and O–H groups in total. The van der Waals surface area contributed by atoms with Crippen LogP contribution in [0.15, 0.2) is 0 Å². The van der Waals surface area contributed by atoms with Crippen molar-refractivity contribution in [2.75, 3.05) is 0 Å². The van der Waals surface area contributed by atoms with Gasteiger partial charge in [-0.05, 0) is 30.6 Å². The van der Waals surface area contributed by atoms with Gasteiger partial charge in [-0.1, -0.05) is 45.4 Å². The summed E-state index contributed by atoms with van der Waals surface area (Å²) in [5.74, 6) is 3.33. The van der Waals surface area contributed by atoms with E-state index in [1.54, 1.807) is 0 Å². The van der Waals surface area contributed by atoms with E-state index in [1.807, 2.05) is 0 Å². The van der Waals surface area contributed by atoms with Crippen molar-refractivity contribution in [3.63, 3.8) is 0 Å². The Balaban J connectivity index is 1.44. The second kappa shape index (κ2) is 3.81. The van der Waals surface area contributed by atoms with E-state index in [1.165, 1.54) is 51.4 Å². The van der Waals surface area contributed by atoms with Crippen molar-refractivity contribution in [3.05, 3.63) is 0 Å². The molecule has 0 heterocycles. The van der Waals surface area contributed by atoms with Gasteiger partial charge in [-0.3, -0.25) is 0 Å². The SMILES string of the molecule is CC(CCCCC1CC1)C1CC1. The fourth-order valence-electron chi connectivity index (χ4n) is 2.21. The van der Waals surface area contributed by atoms with Gasteiger partial charge in [-0.2, -0.15) is 0 Å². The molecule has 0 aromatic rings. The summed E-state index contributed by atoms with van der Waals surface area (Å²) in [4.78, 5) is 0. The predicted octanol–water partition coefficient (Wildman–Crippen LogP) is 4.00. The Bertz CT molecular complexity index is 131. The zero-order valence-corrected chi connectivity index (χ0v) is 8.39. The van der Waals surface area contributed by atoms with E-state index in [9.17, 15) is 0 Å². The number of hydrogen-bond acceptors (Lipinski definition) is 0. The highest BCUT2D eigenvalue weighted by molar-refractivity contribution is 4.79. The van der Waals surface area contributed by atoms with E-state index in [-0.39, 0.29) is 0 Å². The Morgan fingerprint density at radius 3 is 2.42 bits per heavy atom. The molecule has 2 rings (SSSR count). The maximum Gasteiger partial charge on any atom is -0.0388 e. The van der Waals surface area contributed by atoms with Crippen LogP contribution in [-0.2, 0) is 0 Å². The van der Waals surface area contributed by atoms with Gasteiger partial charge in [-0.25, -0.2) is 0 Å². The second-order valence-corrected chi connectivity index (χ2v) is 5.04. The Hall–Kier alpha value is 0. The Labute approximate surface area is 76.7 Å². The summed E-state index contributed by atoms with van der Waals surface area (Å²) in [5, 5.41) is 0. The van der Waals surface area contributed by atoms with E-state index in [0.29, 0.717) is 0 Å². The minimum absolute atomic E-state index is 1.05. The molecule has 0 spiro atoms. The first-order valence-electron chi connectivity index (χ1n) is 5.86. The first-order valence-corrected chi connectivity index (χ1v) is 5.86. The molecule has 0 aliphatic heterocycles. The highest BCUT2D eigenvalue weighted by Crippen LogP contribution is 2.39. The minimum atomic E-state index is 1.05. The molecule has 1 atom stereocenters. The zero-order valence-electron chi connectivity index (χ0n) is 8.39. The van der Waals surface area contributed by atoms with Crippen molar-refractivity contribution in [1.82, 2.24) is 0 Å². The lowest BCUT2D eigenvalue weighted by molar-refractivity contribution is 0.437. The summed E-state index contributed by atoms with van der Waals surface area (Å²) >= 11 is 0. The van der Waals surface area contributed by atoms with Crippen LogP contribution in [0.2, 0.25) is 0 Å². The van der Waals surface area contributed by atoms with Gasteiger partial charge in [0.25, 0.3) is 0 Å². The largest absolute Gasteiger partial charge is 0.0622 e. The Morgan fingerprint density at radius 1 is 1.08 bits per heavy atom. The summed E-state index contributed by atoms with van der Waals surface area (Å²) in [7, 11) is 0. The Morgan fingerprint density at radius 2 is 1.83 bits per heavy atom. The molecule has 0 aromatic carbocycles. The first kappa shape index (κ1) is 8.59. The molecule has 0 amide bonds. The van der Waals surface area contributed by atoms with Crippen molar-refractivity contribution in [1.29, 1.82) is 0 Å². The van der Waals surface area contributed by atoms with Crippen LogP contribution in [-0.4, -0.2) is 0 Å². The van der Waals surface area contributed by atoms with Gasteiger partial charge in [0.2, 0.25) is 0 Å². The molecule has 70 valence electrons. The number of unbranched alkanes of at least 4 members (excludes halogenated alkanes) is 1. The molecule has 2 aliphatic carbocycles. The lowest BCUT2D eigenvalue weighted by Crippen LogP contribution is -1.96. The fourth-order valence-corrected chi connectivity index (χ4v) is 2.21. The fraction of sp³-hybridized carbons (Fsp3) is 1.00. The molecular formula is C12H22. The van der Waals surface area contributed by atoms with E-state index < -0.39 is 0 Å². The quantitative estimate of drug-likeness (QED) is 0.523. The summed E-state index contributed by atoms with van der Waals surface area (Å²) < 4.78 is 0. The molecule has 0 aromatic heterocycles. The monoisotopic (exact) mass is 166 g/mol. The molecule has 0 bridgehead atoms.